The Morgan fingerprint density at radius 1 is 1.19 bits per heavy atom. The number of carbonyl (C=O) groups excluding carboxylic acids is 2. The number of hydrogen-bond acceptors (Lipinski definition) is 6. The Hall–Kier alpha value is -3.23. The number of nitrogens with one attached hydrogen (secondary N) is 2. The van der Waals surface area contributed by atoms with Crippen LogP contribution in [0.5, 0.6) is 0 Å². The number of H-pyrrole nitrogens is 1. The van der Waals surface area contributed by atoms with Crippen molar-refractivity contribution in [3.63, 3.8) is 0 Å². The van der Waals surface area contributed by atoms with Crippen molar-refractivity contribution in [3.05, 3.63) is 71.0 Å². The van der Waals surface area contributed by atoms with E-state index in [-0.39, 0.29) is 18.7 Å². The number of benzene rings is 2. The first-order valence-electron chi connectivity index (χ1n) is 9.82. The lowest BCUT2D eigenvalue weighted by Gasteiger charge is -2.21. The Morgan fingerprint density at radius 2 is 1.97 bits per heavy atom. The summed E-state index contributed by atoms with van der Waals surface area (Å²) in [6, 6.07) is 14.8. The van der Waals surface area contributed by atoms with Crippen LogP contribution in [-0.4, -0.2) is 51.1 Å². The van der Waals surface area contributed by atoms with Gasteiger partial charge in [-0.05, 0) is 42.2 Å². The first-order valence-corrected chi connectivity index (χ1v) is 10.2. The van der Waals surface area contributed by atoms with Crippen molar-refractivity contribution < 1.29 is 19.4 Å². The number of amides is 1. The van der Waals surface area contributed by atoms with Crippen LogP contribution in [-0.2, 0) is 16.0 Å². The summed E-state index contributed by atoms with van der Waals surface area (Å²) in [5, 5.41) is 23.4. The molecule has 3 N–H and O–H groups in total. The largest absolute Gasteiger partial charge is 0.464 e. The van der Waals surface area contributed by atoms with Crippen LogP contribution < -0.4 is 5.32 Å². The second-order valence-corrected chi connectivity index (χ2v) is 7.38. The predicted octanol–water partition coefficient (Wildman–Crippen LogP) is 2.78. The average molecular weight is 443 g/mol. The van der Waals surface area contributed by atoms with Gasteiger partial charge in [0.15, 0.2) is 11.8 Å². The topological polar surface area (TPSA) is 117 Å². The van der Waals surface area contributed by atoms with E-state index in [0.29, 0.717) is 11.4 Å². The van der Waals surface area contributed by atoms with Gasteiger partial charge in [0, 0.05) is 17.5 Å². The van der Waals surface area contributed by atoms with Gasteiger partial charge >= 0.3 is 5.97 Å². The number of aromatic amines is 1. The molecule has 31 heavy (non-hydrogen) atoms. The first-order chi connectivity index (χ1) is 15.0. The number of nitrogens with zero attached hydrogens (tertiary/aromatic N) is 2. The monoisotopic (exact) mass is 442 g/mol. The SMILES string of the molecule is CCOC(=O)C(O)CC(Cc1ccc(-c2cccc(Cl)c2)cc1)NC(=O)c1cn[nH]n1. The molecule has 0 aliphatic carbocycles. The summed E-state index contributed by atoms with van der Waals surface area (Å²) < 4.78 is 4.87. The van der Waals surface area contributed by atoms with Crippen LogP contribution in [0.3, 0.4) is 0 Å². The number of hydrogen-bond donors (Lipinski definition) is 3. The van der Waals surface area contributed by atoms with E-state index in [1.807, 2.05) is 48.5 Å². The Bertz CT molecular complexity index is 1010. The number of halogens is 1. The maximum atomic E-state index is 12.4. The van der Waals surface area contributed by atoms with Crippen molar-refractivity contribution >= 4 is 23.5 Å². The molecule has 8 nitrogen and oxygen atoms in total. The normalized spacial score (nSPS) is 12.7. The Labute approximate surface area is 184 Å². The van der Waals surface area contributed by atoms with E-state index in [0.717, 1.165) is 16.7 Å². The fourth-order valence-corrected chi connectivity index (χ4v) is 3.34. The molecular formula is C22H23ClN4O4. The second-order valence-electron chi connectivity index (χ2n) is 6.94. The number of ether oxygens (including phenoxy) is 1. The van der Waals surface area contributed by atoms with Gasteiger partial charge in [-0.2, -0.15) is 15.4 Å². The van der Waals surface area contributed by atoms with E-state index in [1.165, 1.54) is 6.20 Å². The van der Waals surface area contributed by atoms with Crippen LogP contribution in [0, 0.1) is 0 Å². The van der Waals surface area contributed by atoms with Gasteiger partial charge in [-0.1, -0.05) is 48.0 Å². The molecular weight excluding hydrogens is 420 g/mol. The average Bonchev–Trinajstić information content (AvgIpc) is 3.29. The van der Waals surface area contributed by atoms with Gasteiger partial charge < -0.3 is 15.2 Å². The van der Waals surface area contributed by atoms with Gasteiger partial charge in [-0.3, -0.25) is 4.79 Å². The summed E-state index contributed by atoms with van der Waals surface area (Å²) in [4.78, 5) is 24.3. The zero-order chi connectivity index (χ0) is 22.2. The van der Waals surface area contributed by atoms with Crippen molar-refractivity contribution in [2.75, 3.05) is 6.61 Å². The van der Waals surface area contributed by atoms with Gasteiger partial charge in [0.25, 0.3) is 5.91 Å². The summed E-state index contributed by atoms with van der Waals surface area (Å²) in [6.45, 7) is 1.83. The maximum Gasteiger partial charge on any atom is 0.335 e. The Kier molecular flexibility index (Phi) is 7.75. The molecule has 0 aliphatic rings. The molecule has 3 rings (SSSR count). The second kappa shape index (κ2) is 10.7. The number of aromatic nitrogens is 3. The van der Waals surface area contributed by atoms with Crippen molar-refractivity contribution in [3.8, 4) is 11.1 Å². The van der Waals surface area contributed by atoms with E-state index in [1.54, 1.807) is 6.92 Å². The fourth-order valence-electron chi connectivity index (χ4n) is 3.15. The molecule has 9 heteroatoms. The van der Waals surface area contributed by atoms with Crippen molar-refractivity contribution in [1.82, 2.24) is 20.7 Å². The Morgan fingerprint density at radius 3 is 2.61 bits per heavy atom. The Balaban J connectivity index is 1.73. The standard InChI is InChI=1S/C22H23ClN4O4/c1-2-31-22(30)20(28)12-18(25-21(29)19-13-24-27-26-19)10-14-6-8-15(9-7-14)16-4-3-5-17(23)11-16/h3-9,11,13,18,20,28H,2,10,12H2,1H3,(H,25,29)(H,24,26,27). The minimum Gasteiger partial charge on any atom is -0.464 e. The molecule has 0 aliphatic heterocycles. The summed E-state index contributed by atoms with van der Waals surface area (Å²) >= 11 is 6.07. The predicted molar refractivity (Wildman–Crippen MR) is 115 cm³/mol. The van der Waals surface area contributed by atoms with Gasteiger partial charge in [-0.25, -0.2) is 4.79 Å². The number of carbonyl (C=O) groups is 2. The van der Waals surface area contributed by atoms with Crippen LogP contribution in [0.1, 0.15) is 29.4 Å². The highest BCUT2D eigenvalue weighted by Crippen LogP contribution is 2.23. The van der Waals surface area contributed by atoms with Gasteiger partial charge in [-0.15, -0.1) is 0 Å². The molecule has 0 saturated heterocycles. The zero-order valence-electron chi connectivity index (χ0n) is 16.9. The molecule has 1 heterocycles. The van der Waals surface area contributed by atoms with Crippen molar-refractivity contribution in [2.45, 2.75) is 31.9 Å². The van der Waals surface area contributed by atoms with Gasteiger partial charge in [0.2, 0.25) is 0 Å². The minimum absolute atomic E-state index is 0.00152. The van der Waals surface area contributed by atoms with Gasteiger partial charge in [0.05, 0.1) is 12.8 Å². The summed E-state index contributed by atoms with van der Waals surface area (Å²) in [6.07, 6.45) is 0.343. The van der Waals surface area contributed by atoms with E-state index < -0.39 is 24.0 Å². The molecule has 0 spiro atoms. The number of aliphatic hydroxyl groups excluding tert-OH is 1. The summed E-state index contributed by atoms with van der Waals surface area (Å²) in [5.74, 6) is -1.18. The van der Waals surface area contributed by atoms with Crippen LogP contribution in [0.2, 0.25) is 5.02 Å². The minimum atomic E-state index is -1.35. The quantitative estimate of drug-likeness (QED) is 0.439. The fraction of sp³-hybridized carbons (Fsp3) is 0.273. The van der Waals surface area contributed by atoms with E-state index in [2.05, 4.69) is 20.7 Å². The molecule has 2 unspecified atom stereocenters. The molecule has 2 atom stereocenters. The highest BCUT2D eigenvalue weighted by Gasteiger charge is 2.24. The van der Waals surface area contributed by atoms with Crippen LogP contribution in [0.4, 0.5) is 0 Å². The maximum absolute atomic E-state index is 12.4. The third-order valence-corrected chi connectivity index (χ3v) is 4.88. The summed E-state index contributed by atoms with van der Waals surface area (Å²) in [7, 11) is 0. The van der Waals surface area contributed by atoms with Crippen molar-refractivity contribution in [1.29, 1.82) is 0 Å². The number of esters is 1. The molecule has 0 fully saturated rings. The van der Waals surface area contributed by atoms with Crippen LogP contribution in [0.15, 0.2) is 54.7 Å². The van der Waals surface area contributed by atoms with E-state index in [4.69, 9.17) is 16.3 Å². The molecule has 3 aromatic rings. The molecule has 0 bridgehead atoms. The third kappa shape index (κ3) is 6.37. The van der Waals surface area contributed by atoms with Crippen molar-refractivity contribution in [2.24, 2.45) is 0 Å². The number of aliphatic hydroxyl groups is 1. The van der Waals surface area contributed by atoms with Crippen LogP contribution in [0.25, 0.3) is 11.1 Å². The molecule has 1 amide bonds. The highest BCUT2D eigenvalue weighted by atomic mass is 35.5. The lowest BCUT2D eigenvalue weighted by molar-refractivity contribution is -0.153. The highest BCUT2D eigenvalue weighted by molar-refractivity contribution is 6.30. The summed E-state index contributed by atoms with van der Waals surface area (Å²) in [5.41, 5.74) is 3.04. The zero-order valence-corrected chi connectivity index (χ0v) is 17.7. The first kappa shape index (κ1) is 22.5. The van der Waals surface area contributed by atoms with E-state index in [9.17, 15) is 14.7 Å². The van der Waals surface area contributed by atoms with E-state index >= 15 is 0 Å². The number of rotatable bonds is 9. The molecule has 162 valence electrons. The lowest BCUT2D eigenvalue weighted by atomic mass is 9.97. The lowest BCUT2D eigenvalue weighted by Crippen LogP contribution is -2.41. The molecule has 0 radical (unpaired) electrons. The molecule has 2 aromatic carbocycles. The smallest absolute Gasteiger partial charge is 0.335 e. The van der Waals surface area contributed by atoms with Crippen LogP contribution >= 0.6 is 11.6 Å². The van der Waals surface area contributed by atoms with Gasteiger partial charge in [0.1, 0.15) is 0 Å². The molecule has 0 saturated carbocycles. The molecule has 1 aromatic heterocycles. The third-order valence-electron chi connectivity index (χ3n) is 4.64.